The van der Waals surface area contributed by atoms with Crippen LogP contribution in [0.5, 0.6) is 0 Å². The van der Waals surface area contributed by atoms with Gasteiger partial charge >= 0.3 is 5.97 Å². The number of rotatable bonds is 8. The van der Waals surface area contributed by atoms with Gasteiger partial charge in [0, 0.05) is 5.56 Å². The molecule has 210 valence electrons. The van der Waals surface area contributed by atoms with Crippen LogP contribution in [0, 0.1) is 11.3 Å². The lowest BCUT2D eigenvalue weighted by Gasteiger charge is -2.21. The summed E-state index contributed by atoms with van der Waals surface area (Å²) in [5.74, 6) is -0.234. The number of aliphatic hydroxyl groups is 1. The van der Waals surface area contributed by atoms with Crippen LogP contribution in [0.3, 0.4) is 0 Å². The van der Waals surface area contributed by atoms with Crippen molar-refractivity contribution >= 4 is 11.9 Å². The highest BCUT2D eigenvalue weighted by Crippen LogP contribution is 2.37. The molecule has 1 aliphatic rings. The molecule has 0 atom stereocenters. The van der Waals surface area contributed by atoms with Crippen molar-refractivity contribution in [2.45, 2.75) is 64.2 Å². The molecular weight excluding hydrogens is 520 g/mol. The summed E-state index contributed by atoms with van der Waals surface area (Å²) in [5.41, 5.74) is 2.70. The van der Waals surface area contributed by atoms with Crippen molar-refractivity contribution in [3.05, 3.63) is 71.7 Å². The summed E-state index contributed by atoms with van der Waals surface area (Å²) < 4.78 is 7.04. The quantitative estimate of drug-likeness (QED) is 0.304. The molecule has 0 radical (unpaired) electrons. The zero-order chi connectivity index (χ0) is 29.0. The van der Waals surface area contributed by atoms with Gasteiger partial charge in [0.1, 0.15) is 23.4 Å². The van der Waals surface area contributed by atoms with Crippen molar-refractivity contribution in [1.29, 1.82) is 5.26 Å². The minimum absolute atomic E-state index is 0.126. The summed E-state index contributed by atoms with van der Waals surface area (Å²) >= 11 is 0. The molecule has 11 heteroatoms. The Morgan fingerprint density at radius 2 is 1.83 bits per heavy atom. The molecule has 41 heavy (non-hydrogen) atoms. The van der Waals surface area contributed by atoms with Crippen LogP contribution in [0.15, 0.2) is 54.7 Å². The number of pyridine rings is 1. The van der Waals surface area contributed by atoms with Gasteiger partial charge in [-0.3, -0.25) is 9.78 Å². The molecule has 4 aromatic rings. The highest BCUT2D eigenvalue weighted by atomic mass is 16.6. The van der Waals surface area contributed by atoms with E-state index in [4.69, 9.17) is 9.72 Å². The van der Waals surface area contributed by atoms with Crippen LogP contribution < -0.4 is 5.32 Å². The smallest absolute Gasteiger partial charge is 0.325 e. The van der Waals surface area contributed by atoms with E-state index < -0.39 is 17.2 Å². The molecule has 0 amide bonds. The molecule has 1 fully saturated rings. The molecule has 0 bridgehead atoms. The zero-order valence-corrected chi connectivity index (χ0v) is 23.3. The number of ether oxygens (including phenoxy) is 1. The van der Waals surface area contributed by atoms with E-state index in [1.807, 2.05) is 24.3 Å². The van der Waals surface area contributed by atoms with E-state index in [9.17, 15) is 15.2 Å². The second-order valence-electron chi connectivity index (χ2n) is 11.1. The van der Waals surface area contributed by atoms with E-state index in [2.05, 4.69) is 31.7 Å². The van der Waals surface area contributed by atoms with E-state index in [-0.39, 0.29) is 12.5 Å². The van der Waals surface area contributed by atoms with Crippen molar-refractivity contribution in [2.24, 2.45) is 0 Å². The molecule has 1 aromatic carbocycles. The van der Waals surface area contributed by atoms with Gasteiger partial charge in [0.15, 0.2) is 0 Å². The van der Waals surface area contributed by atoms with Crippen molar-refractivity contribution in [2.75, 3.05) is 11.9 Å². The fourth-order valence-electron chi connectivity index (χ4n) is 4.78. The summed E-state index contributed by atoms with van der Waals surface area (Å²) in [5, 5.41) is 31.9. The van der Waals surface area contributed by atoms with Crippen LogP contribution in [0.4, 0.5) is 5.95 Å². The average Bonchev–Trinajstić information content (AvgIpc) is 3.61. The molecule has 0 unspecified atom stereocenters. The molecule has 3 heterocycles. The van der Waals surface area contributed by atoms with Crippen LogP contribution in [0.2, 0.25) is 0 Å². The number of carbonyl (C=O) groups is 1. The van der Waals surface area contributed by atoms with E-state index in [0.29, 0.717) is 53.3 Å². The summed E-state index contributed by atoms with van der Waals surface area (Å²) in [6.45, 7) is 5.64. The van der Waals surface area contributed by atoms with Crippen molar-refractivity contribution in [3.8, 4) is 28.7 Å². The highest BCUT2D eigenvalue weighted by molar-refractivity contribution is 5.75. The summed E-state index contributed by atoms with van der Waals surface area (Å²) in [7, 11) is 0. The molecule has 3 aromatic heterocycles. The van der Waals surface area contributed by atoms with Crippen LogP contribution in [0.1, 0.15) is 63.4 Å². The SMILES string of the molecule is CC(C)(C)OC(=O)CNc1nc(-c2cccc(C#N)c2)cc(-c2cn(Cc3cccc(C4(O)CCCC4)n3)nn2)n1. The average molecular weight is 553 g/mol. The number of carbonyl (C=O) groups excluding carboxylic acids is 1. The Morgan fingerprint density at radius 1 is 1.07 bits per heavy atom. The monoisotopic (exact) mass is 552 g/mol. The van der Waals surface area contributed by atoms with E-state index in [1.165, 1.54) is 0 Å². The first-order valence-corrected chi connectivity index (χ1v) is 13.5. The van der Waals surface area contributed by atoms with Gasteiger partial charge in [-0.25, -0.2) is 14.6 Å². The van der Waals surface area contributed by atoms with E-state index >= 15 is 0 Å². The first-order chi connectivity index (χ1) is 19.6. The molecular formula is C30H32N8O3. The molecule has 5 rings (SSSR count). The Morgan fingerprint density at radius 3 is 2.59 bits per heavy atom. The predicted octanol–water partition coefficient (Wildman–Crippen LogP) is 4.23. The van der Waals surface area contributed by atoms with Gasteiger partial charge in [-0.05, 0) is 63.9 Å². The summed E-state index contributed by atoms with van der Waals surface area (Å²) in [6.07, 6.45) is 5.17. The van der Waals surface area contributed by atoms with Gasteiger partial charge in [-0.2, -0.15) is 5.26 Å². The number of esters is 1. The topological polar surface area (TPSA) is 152 Å². The third kappa shape index (κ3) is 6.91. The number of nitriles is 1. The van der Waals surface area contributed by atoms with Crippen molar-refractivity contribution < 1.29 is 14.6 Å². The van der Waals surface area contributed by atoms with Crippen LogP contribution in [-0.4, -0.2) is 53.2 Å². The Kier molecular flexibility index (Phi) is 7.77. The Bertz CT molecular complexity index is 1600. The van der Waals surface area contributed by atoms with Gasteiger partial charge in [-0.1, -0.05) is 36.3 Å². The third-order valence-corrected chi connectivity index (χ3v) is 6.66. The molecule has 2 N–H and O–H groups in total. The van der Waals surface area contributed by atoms with Gasteiger partial charge in [0.05, 0.1) is 47.1 Å². The Labute approximate surface area is 238 Å². The molecule has 1 aliphatic carbocycles. The van der Waals surface area contributed by atoms with E-state index in [0.717, 1.165) is 18.5 Å². The molecule has 0 aliphatic heterocycles. The molecule has 1 saturated carbocycles. The lowest BCUT2D eigenvalue weighted by Crippen LogP contribution is -2.28. The molecule has 0 saturated heterocycles. The lowest BCUT2D eigenvalue weighted by molar-refractivity contribution is -0.152. The van der Waals surface area contributed by atoms with Gasteiger partial charge in [0.2, 0.25) is 5.95 Å². The Hall–Kier alpha value is -4.69. The summed E-state index contributed by atoms with van der Waals surface area (Å²) in [6, 6.07) is 16.7. The van der Waals surface area contributed by atoms with Crippen molar-refractivity contribution in [3.63, 3.8) is 0 Å². The second kappa shape index (κ2) is 11.4. The number of anilines is 1. The minimum atomic E-state index is -0.869. The number of hydrogen-bond donors (Lipinski definition) is 2. The number of nitrogens with one attached hydrogen (secondary N) is 1. The third-order valence-electron chi connectivity index (χ3n) is 6.66. The highest BCUT2D eigenvalue weighted by Gasteiger charge is 2.34. The largest absolute Gasteiger partial charge is 0.459 e. The second-order valence-corrected chi connectivity index (χ2v) is 11.1. The Balaban J connectivity index is 1.41. The van der Waals surface area contributed by atoms with Crippen molar-refractivity contribution in [1.82, 2.24) is 29.9 Å². The van der Waals surface area contributed by atoms with Crippen LogP contribution in [0.25, 0.3) is 22.6 Å². The number of hydrogen-bond acceptors (Lipinski definition) is 10. The van der Waals surface area contributed by atoms with Crippen LogP contribution in [-0.2, 0) is 21.7 Å². The zero-order valence-electron chi connectivity index (χ0n) is 23.3. The first-order valence-electron chi connectivity index (χ1n) is 13.5. The maximum atomic E-state index is 12.3. The lowest BCUT2D eigenvalue weighted by atomic mass is 9.97. The summed E-state index contributed by atoms with van der Waals surface area (Å²) in [4.78, 5) is 26.2. The normalized spacial score (nSPS) is 14.4. The minimum Gasteiger partial charge on any atom is -0.459 e. The van der Waals surface area contributed by atoms with Gasteiger partial charge in [-0.15, -0.1) is 5.10 Å². The van der Waals surface area contributed by atoms with E-state index in [1.54, 1.807) is 55.9 Å². The van der Waals surface area contributed by atoms with Crippen LogP contribution >= 0.6 is 0 Å². The number of benzene rings is 1. The van der Waals surface area contributed by atoms with Gasteiger partial charge in [0.25, 0.3) is 0 Å². The maximum Gasteiger partial charge on any atom is 0.325 e. The predicted molar refractivity (Wildman–Crippen MR) is 151 cm³/mol. The molecule has 0 spiro atoms. The number of aromatic nitrogens is 6. The fraction of sp³-hybridized carbons (Fsp3) is 0.367. The van der Waals surface area contributed by atoms with Gasteiger partial charge < -0.3 is 15.2 Å². The fourth-order valence-corrected chi connectivity index (χ4v) is 4.78. The standard InChI is InChI=1S/C30H32N8O3/c1-29(2,3)41-27(39)17-32-28-34-23(21-9-6-8-20(14-21)16-31)15-24(35-28)25-19-38(37-36-25)18-22-10-7-11-26(33-22)30(40)12-4-5-13-30/h6-11,14-15,19,40H,4-5,12-13,17-18H2,1-3H3,(H,32,34,35). The first kappa shape index (κ1) is 27.9. The number of nitrogens with zero attached hydrogens (tertiary/aromatic N) is 7. The molecule has 11 nitrogen and oxygen atoms in total. The maximum absolute atomic E-state index is 12.3.